The molecule has 2 aromatic carbocycles. The van der Waals surface area contributed by atoms with Gasteiger partial charge in [-0.3, -0.25) is 0 Å². The summed E-state index contributed by atoms with van der Waals surface area (Å²) >= 11 is 0. The Hall–Kier alpha value is -3.15. The summed E-state index contributed by atoms with van der Waals surface area (Å²) in [5.74, 6) is -2.48. The molecule has 0 aliphatic rings. The zero-order valence-electron chi connectivity index (χ0n) is 12.3. The molecule has 6 nitrogen and oxygen atoms in total. The van der Waals surface area contributed by atoms with Gasteiger partial charge in [-0.25, -0.2) is 14.4 Å². The van der Waals surface area contributed by atoms with Crippen LogP contribution in [0.1, 0.15) is 26.3 Å². The van der Waals surface area contributed by atoms with Crippen molar-refractivity contribution < 1.29 is 29.0 Å². The van der Waals surface area contributed by atoms with E-state index in [0.717, 1.165) is 11.6 Å². The Morgan fingerprint density at radius 3 is 2.30 bits per heavy atom. The number of benzene rings is 2. The van der Waals surface area contributed by atoms with Gasteiger partial charge in [-0.1, -0.05) is 23.8 Å². The molecule has 0 aliphatic heterocycles. The van der Waals surface area contributed by atoms with Gasteiger partial charge in [0.2, 0.25) is 0 Å². The van der Waals surface area contributed by atoms with E-state index in [0.29, 0.717) is 5.75 Å². The number of hydrogen-bond donors (Lipinski definition) is 1. The molecule has 1 N–H and O–H groups in total. The van der Waals surface area contributed by atoms with E-state index in [2.05, 4.69) is 4.74 Å². The number of aromatic carboxylic acids is 1. The number of rotatable bonds is 5. The molecule has 0 saturated carbocycles. The van der Waals surface area contributed by atoms with Crippen LogP contribution in [0, 0.1) is 6.92 Å². The van der Waals surface area contributed by atoms with Gasteiger partial charge in [-0.2, -0.15) is 0 Å². The molecule has 0 saturated heterocycles. The van der Waals surface area contributed by atoms with Gasteiger partial charge in [0.25, 0.3) is 0 Å². The van der Waals surface area contributed by atoms with E-state index in [1.165, 1.54) is 18.2 Å². The summed E-state index contributed by atoms with van der Waals surface area (Å²) in [5, 5.41) is 8.86. The molecule has 23 heavy (non-hydrogen) atoms. The van der Waals surface area contributed by atoms with Crippen LogP contribution in [0.15, 0.2) is 48.5 Å². The standard InChI is InChI=1S/C17H14O6/c1-11-5-7-14(8-6-11)22-10-15(18)23-17(21)13-4-2-3-12(9-13)16(19)20/h2-9H,10H2,1H3,(H,19,20). The van der Waals surface area contributed by atoms with E-state index < -0.39 is 24.5 Å². The largest absolute Gasteiger partial charge is 0.482 e. The second-order valence-electron chi connectivity index (χ2n) is 4.75. The Bertz CT molecular complexity index is 733. The fourth-order valence-electron chi connectivity index (χ4n) is 1.75. The number of carboxylic acids is 1. The third-order valence-electron chi connectivity index (χ3n) is 2.93. The lowest BCUT2D eigenvalue weighted by Crippen LogP contribution is -2.19. The van der Waals surface area contributed by atoms with Gasteiger partial charge in [-0.05, 0) is 37.3 Å². The zero-order valence-corrected chi connectivity index (χ0v) is 12.3. The van der Waals surface area contributed by atoms with Crippen LogP contribution in [-0.4, -0.2) is 29.6 Å². The van der Waals surface area contributed by atoms with Crippen LogP contribution in [-0.2, 0) is 9.53 Å². The molecule has 6 heteroatoms. The summed E-state index contributed by atoms with van der Waals surface area (Å²) in [5.41, 5.74) is 0.963. The monoisotopic (exact) mass is 314 g/mol. The molecular formula is C17H14O6. The van der Waals surface area contributed by atoms with Gasteiger partial charge in [0.05, 0.1) is 11.1 Å². The summed E-state index contributed by atoms with van der Waals surface area (Å²) in [6.45, 7) is 1.50. The van der Waals surface area contributed by atoms with Crippen molar-refractivity contribution in [3.05, 3.63) is 65.2 Å². The molecule has 0 aromatic heterocycles. The highest BCUT2D eigenvalue weighted by molar-refractivity contribution is 5.99. The van der Waals surface area contributed by atoms with Gasteiger partial charge in [0, 0.05) is 0 Å². The number of ether oxygens (including phenoxy) is 2. The lowest BCUT2D eigenvalue weighted by molar-refractivity contribution is -0.140. The maximum absolute atomic E-state index is 11.8. The van der Waals surface area contributed by atoms with Crippen LogP contribution in [0.5, 0.6) is 5.75 Å². The number of carbonyl (C=O) groups is 3. The smallest absolute Gasteiger partial charge is 0.352 e. The predicted octanol–water partition coefficient (Wildman–Crippen LogP) is 2.46. The van der Waals surface area contributed by atoms with Crippen molar-refractivity contribution in [2.45, 2.75) is 6.92 Å². The normalized spacial score (nSPS) is 9.96. The van der Waals surface area contributed by atoms with E-state index in [9.17, 15) is 14.4 Å². The number of carboxylic acid groups (broad SMARTS) is 1. The van der Waals surface area contributed by atoms with Crippen LogP contribution in [0.25, 0.3) is 0 Å². The average molecular weight is 314 g/mol. The minimum atomic E-state index is -1.17. The molecule has 2 rings (SSSR count). The molecule has 0 atom stereocenters. The molecule has 0 radical (unpaired) electrons. The fourth-order valence-corrected chi connectivity index (χ4v) is 1.75. The summed E-state index contributed by atoms with van der Waals surface area (Å²) in [4.78, 5) is 34.2. The molecule has 0 fully saturated rings. The molecular weight excluding hydrogens is 300 g/mol. The van der Waals surface area contributed by atoms with Gasteiger partial charge < -0.3 is 14.6 Å². The predicted molar refractivity (Wildman–Crippen MR) is 80.5 cm³/mol. The minimum absolute atomic E-state index is 0.0198. The third kappa shape index (κ3) is 4.67. The van der Waals surface area contributed by atoms with Gasteiger partial charge in [-0.15, -0.1) is 0 Å². The molecule has 0 bridgehead atoms. The topological polar surface area (TPSA) is 89.9 Å². The Morgan fingerprint density at radius 1 is 1.00 bits per heavy atom. The quantitative estimate of drug-likeness (QED) is 0.673. The van der Waals surface area contributed by atoms with Crippen molar-refractivity contribution in [3.63, 3.8) is 0 Å². The van der Waals surface area contributed by atoms with Crippen molar-refractivity contribution in [1.82, 2.24) is 0 Å². The molecule has 2 aromatic rings. The van der Waals surface area contributed by atoms with Crippen LogP contribution < -0.4 is 4.74 Å². The fraction of sp³-hybridized carbons (Fsp3) is 0.118. The SMILES string of the molecule is Cc1ccc(OCC(=O)OC(=O)c2cccc(C(=O)O)c2)cc1. The molecule has 0 unspecified atom stereocenters. The highest BCUT2D eigenvalue weighted by atomic mass is 16.6. The summed E-state index contributed by atoms with van der Waals surface area (Å²) in [7, 11) is 0. The van der Waals surface area contributed by atoms with Crippen molar-refractivity contribution in [2.75, 3.05) is 6.61 Å². The van der Waals surface area contributed by atoms with E-state index in [4.69, 9.17) is 9.84 Å². The summed E-state index contributed by atoms with van der Waals surface area (Å²) in [6, 6.07) is 12.3. The summed E-state index contributed by atoms with van der Waals surface area (Å²) in [6.07, 6.45) is 0. The first-order chi connectivity index (χ1) is 11.0. The highest BCUT2D eigenvalue weighted by Crippen LogP contribution is 2.12. The number of esters is 2. The maximum atomic E-state index is 11.8. The Labute approximate surface area is 132 Å². The third-order valence-corrected chi connectivity index (χ3v) is 2.93. The van der Waals surface area contributed by atoms with Crippen LogP contribution in [0.2, 0.25) is 0 Å². The van der Waals surface area contributed by atoms with Gasteiger partial charge in [0.1, 0.15) is 5.75 Å². The van der Waals surface area contributed by atoms with Crippen LogP contribution >= 0.6 is 0 Å². The second-order valence-corrected chi connectivity index (χ2v) is 4.75. The van der Waals surface area contributed by atoms with Crippen LogP contribution in [0.4, 0.5) is 0 Å². The molecule has 118 valence electrons. The zero-order chi connectivity index (χ0) is 16.8. The first kappa shape index (κ1) is 16.2. The second kappa shape index (κ2) is 7.22. The summed E-state index contributed by atoms with van der Waals surface area (Å²) < 4.78 is 9.82. The Balaban J connectivity index is 1.92. The molecule has 0 aliphatic carbocycles. The average Bonchev–Trinajstić information content (AvgIpc) is 2.54. The van der Waals surface area contributed by atoms with Crippen molar-refractivity contribution in [2.24, 2.45) is 0 Å². The number of hydrogen-bond acceptors (Lipinski definition) is 5. The lowest BCUT2D eigenvalue weighted by atomic mass is 10.1. The Morgan fingerprint density at radius 2 is 1.65 bits per heavy atom. The van der Waals surface area contributed by atoms with E-state index >= 15 is 0 Å². The molecule has 0 amide bonds. The first-order valence-electron chi connectivity index (χ1n) is 6.73. The van der Waals surface area contributed by atoms with E-state index in [1.807, 2.05) is 19.1 Å². The van der Waals surface area contributed by atoms with Gasteiger partial charge in [0.15, 0.2) is 6.61 Å². The molecule has 0 spiro atoms. The molecule has 0 heterocycles. The van der Waals surface area contributed by atoms with E-state index in [1.54, 1.807) is 12.1 Å². The maximum Gasteiger partial charge on any atom is 0.352 e. The first-order valence-corrected chi connectivity index (χ1v) is 6.73. The van der Waals surface area contributed by atoms with Crippen molar-refractivity contribution in [3.8, 4) is 5.75 Å². The lowest BCUT2D eigenvalue weighted by Gasteiger charge is -2.06. The number of aryl methyl sites for hydroxylation is 1. The van der Waals surface area contributed by atoms with Crippen LogP contribution in [0.3, 0.4) is 0 Å². The van der Waals surface area contributed by atoms with Gasteiger partial charge >= 0.3 is 17.9 Å². The van der Waals surface area contributed by atoms with Crippen molar-refractivity contribution in [1.29, 1.82) is 0 Å². The van der Waals surface area contributed by atoms with E-state index in [-0.39, 0.29) is 11.1 Å². The number of carbonyl (C=O) groups excluding carboxylic acids is 2. The minimum Gasteiger partial charge on any atom is -0.482 e. The highest BCUT2D eigenvalue weighted by Gasteiger charge is 2.15. The Kier molecular flexibility index (Phi) is 5.09. The van der Waals surface area contributed by atoms with Crippen molar-refractivity contribution >= 4 is 17.9 Å².